The Bertz CT molecular complexity index is 4060. The molecule has 0 spiro atoms. The third-order valence-corrected chi connectivity index (χ3v) is 21.8. The van der Waals surface area contributed by atoms with Crippen molar-refractivity contribution in [3.05, 3.63) is 0 Å². The van der Waals surface area contributed by atoms with E-state index < -0.39 is 339 Å². The van der Waals surface area contributed by atoms with Gasteiger partial charge >= 0.3 is 11.9 Å². The number of carbonyl (C=O) groups is 22. The molecule has 2 aliphatic rings. The van der Waals surface area contributed by atoms with Crippen molar-refractivity contribution in [1.29, 1.82) is 0 Å². The number of thioether (sulfide) groups is 1. The standard InChI is InChI=1S/C80H135N21O30S/c1-33(2)55(72(122)84-29-52(109)83-30-53(110)92-59(40(12)104)77(127)96-58(36(7)8)75(125)99-62(43(15)107)80(130)131)95-71(121)50-20-17-26-100(50)78(128)46(22-24-54(111)112)89-68(118)47(31-102)91-74(124)57(35(5)6)94-69(119)48(32-103)90-64(114)38(10)86-70(120)49-19-18-27-101(49)79(129)61(42(14)106)98-66(116)44(21-23-51(82)108)87-76(126)60(41(13)105)97-67(117)45(25-28-132-16)88-73(123)56(34(3)4)93-65(115)39(11)85-63(113)37(9)81/h33-50,55-62,102-107H,17-32,81H2,1-16H3,(H2,82,108)(H,83,109)(H,84,122)(H,85,113)(H,86,120)(H,87,126)(H,88,123)(H,89,118)(H,90,114)(H,91,124)(H,92,110)(H,93,115)(H,94,119)(H,95,121)(H,96,127)(H,97,117)(H,98,116)(H,99,125)(H,111,112)(H,130,131)/t37-,38-,39-,40+,41+,42+,43+,44-,45-,46-,47-,48-,49-,50-,55-,56-,57-,58-,59-,60-,61-,62-/m0/s1. The lowest BCUT2D eigenvalue weighted by Crippen LogP contribution is -2.63. The van der Waals surface area contributed by atoms with Crippen molar-refractivity contribution in [3.8, 4) is 0 Å². The van der Waals surface area contributed by atoms with Crippen LogP contribution in [0.3, 0.4) is 0 Å². The second kappa shape index (κ2) is 56.3. The summed E-state index contributed by atoms with van der Waals surface area (Å²) < 4.78 is 0. The van der Waals surface area contributed by atoms with Crippen molar-refractivity contribution in [2.24, 2.45) is 35.1 Å². The molecule has 0 radical (unpaired) electrons. The molecule has 20 amide bonds. The van der Waals surface area contributed by atoms with E-state index in [1.807, 2.05) is 0 Å². The first kappa shape index (κ1) is 116. The fourth-order valence-corrected chi connectivity index (χ4v) is 13.8. The molecule has 0 unspecified atom stereocenters. The number of aliphatic hydroxyl groups is 6. The minimum atomic E-state index is -1.95. The van der Waals surface area contributed by atoms with Gasteiger partial charge in [0.25, 0.3) is 0 Å². The predicted molar refractivity (Wildman–Crippen MR) is 466 cm³/mol. The number of nitrogens with zero attached hydrogens (tertiary/aromatic N) is 2. The van der Waals surface area contributed by atoms with Gasteiger partial charge in [-0.3, -0.25) is 101 Å². The molecule has 22 atom stereocenters. The summed E-state index contributed by atoms with van der Waals surface area (Å²) >= 11 is 1.28. The number of rotatable bonds is 56. The summed E-state index contributed by atoms with van der Waals surface area (Å²) in [4.78, 5) is 297. The largest absolute Gasteiger partial charge is 0.481 e. The summed E-state index contributed by atoms with van der Waals surface area (Å²) in [6.07, 6.45) is -7.29. The van der Waals surface area contributed by atoms with Crippen LogP contribution in [0.5, 0.6) is 0 Å². The van der Waals surface area contributed by atoms with E-state index in [4.69, 9.17) is 11.5 Å². The van der Waals surface area contributed by atoms with Gasteiger partial charge in [0, 0.05) is 25.9 Å². The number of aliphatic carboxylic acids is 2. The number of amides is 20. The zero-order valence-corrected chi connectivity index (χ0v) is 77.7. The zero-order valence-electron chi connectivity index (χ0n) is 76.8. The van der Waals surface area contributed by atoms with Gasteiger partial charge in [-0.15, -0.1) is 0 Å². The van der Waals surface area contributed by atoms with E-state index in [1.54, 1.807) is 20.1 Å². The molecule has 2 rings (SSSR count). The number of nitrogens with one attached hydrogen (secondary N) is 17. The summed E-state index contributed by atoms with van der Waals surface area (Å²) in [6, 6.07) is -28.3. The third kappa shape index (κ3) is 37.6. The Morgan fingerprint density at radius 2 is 0.689 bits per heavy atom. The van der Waals surface area contributed by atoms with Gasteiger partial charge in [-0.05, 0) is 129 Å². The highest BCUT2D eigenvalue weighted by Gasteiger charge is 2.45. The Morgan fingerprint density at radius 1 is 0.348 bits per heavy atom. The summed E-state index contributed by atoms with van der Waals surface area (Å²) in [5.74, 6) is -26.1. The lowest BCUT2D eigenvalue weighted by Gasteiger charge is -2.32. The van der Waals surface area contributed by atoms with E-state index in [9.17, 15) is 146 Å². The number of hydrogen-bond acceptors (Lipinski definition) is 30. The Morgan fingerprint density at radius 3 is 1.14 bits per heavy atom. The number of likely N-dealkylation sites (tertiary alicyclic amines) is 2. The van der Waals surface area contributed by atoms with Crippen LogP contribution < -0.4 is 102 Å². The number of primary amides is 1. The van der Waals surface area contributed by atoms with Crippen molar-refractivity contribution in [3.63, 3.8) is 0 Å². The Labute approximate surface area is 766 Å². The van der Waals surface area contributed by atoms with Gasteiger partial charge in [-0.2, -0.15) is 11.8 Å². The highest BCUT2D eigenvalue weighted by molar-refractivity contribution is 7.98. The van der Waals surface area contributed by atoms with Crippen LogP contribution in [0.2, 0.25) is 0 Å². The van der Waals surface area contributed by atoms with Crippen LogP contribution in [0.4, 0.5) is 0 Å². The summed E-state index contributed by atoms with van der Waals surface area (Å²) in [7, 11) is 0. The summed E-state index contributed by atoms with van der Waals surface area (Å²) in [5.41, 5.74) is 11.0. The maximum Gasteiger partial charge on any atom is 0.328 e. The lowest BCUT2D eigenvalue weighted by molar-refractivity contribution is -0.145. The van der Waals surface area contributed by atoms with Gasteiger partial charge in [0.15, 0.2) is 6.04 Å². The molecule has 0 aromatic rings. The molecule has 2 saturated heterocycles. The van der Waals surface area contributed by atoms with Gasteiger partial charge in [-0.1, -0.05) is 55.4 Å². The van der Waals surface area contributed by atoms with Gasteiger partial charge in [0.1, 0.15) is 96.7 Å². The Balaban J connectivity index is 2.22. The van der Waals surface area contributed by atoms with Crippen molar-refractivity contribution in [2.75, 3.05) is 51.4 Å². The van der Waals surface area contributed by atoms with Crippen LogP contribution in [0, 0.1) is 23.7 Å². The van der Waals surface area contributed by atoms with E-state index in [0.717, 1.165) is 44.4 Å². The molecule has 29 N–H and O–H groups in total. The molecular formula is C80H135N21O30S. The molecule has 0 bridgehead atoms. The number of nitrogens with two attached hydrogens (primary N) is 2. The van der Waals surface area contributed by atoms with E-state index in [0.29, 0.717) is 0 Å². The van der Waals surface area contributed by atoms with Gasteiger partial charge in [-0.25, -0.2) is 4.79 Å². The molecule has 51 nitrogen and oxygen atoms in total. The summed E-state index contributed by atoms with van der Waals surface area (Å²) in [6.45, 7) is 16.1. The molecule has 2 aliphatic heterocycles. The first-order valence-corrected chi connectivity index (χ1v) is 44.5. The predicted octanol–water partition coefficient (Wildman–Crippen LogP) is -12.0. The average molecular weight is 1900 g/mol. The molecule has 52 heteroatoms. The zero-order chi connectivity index (χ0) is 101. The minimum absolute atomic E-state index is 0.0284. The molecule has 0 aromatic carbocycles. The molecule has 0 aromatic heterocycles. The normalized spacial score (nSPS) is 18.2. The fraction of sp³-hybridized carbons (Fsp3) is 0.725. The number of carbonyl (C=O) groups excluding carboxylic acids is 20. The van der Waals surface area contributed by atoms with Crippen molar-refractivity contribution < 1.29 is 146 Å². The quantitative estimate of drug-likeness (QED) is 0.0269. The molecule has 0 aliphatic carbocycles. The molecule has 0 saturated carbocycles. The van der Waals surface area contributed by atoms with Crippen LogP contribution in [-0.4, -0.2) is 365 Å². The second-order valence-electron chi connectivity index (χ2n) is 33.7. The highest BCUT2D eigenvalue weighted by atomic mass is 32.2. The van der Waals surface area contributed by atoms with Crippen LogP contribution in [-0.2, 0) is 105 Å². The Hall–Kier alpha value is -11.6. The SMILES string of the molecule is CSCC[C@H](NC(=O)[C@@H](NC(=O)[C@H](C)NC(=O)[C@H](C)N)C(C)C)C(=O)N[C@H](C(=O)N[C@@H](CCC(N)=O)C(=O)N[C@H](C(=O)N1CCC[C@H]1C(=O)N[C@@H](C)C(=O)N[C@@H](CO)C(=O)N[C@H](C(=O)N[C@@H](CO)C(=O)N[C@@H](CCC(=O)O)C(=O)N1CCC[C@H]1C(=O)N[C@H](C(=O)NCC(=O)NCC(=O)N[C@H](C(=O)N[C@H](C(=O)N[C@H](C(=O)O)[C@@H](C)O)C(C)C)[C@@H](C)O)C(C)C)C(C)C)[C@@H](C)O)[C@@H](C)O. The number of carboxylic acids is 2. The van der Waals surface area contributed by atoms with Gasteiger partial charge in [0.2, 0.25) is 118 Å². The molecule has 2 fully saturated rings. The maximum atomic E-state index is 14.4. The molecular weight excluding hydrogens is 1770 g/mol. The smallest absolute Gasteiger partial charge is 0.328 e. The fourth-order valence-electron chi connectivity index (χ4n) is 13.3. The number of carboxylic acid groups (broad SMARTS) is 2. The lowest BCUT2D eigenvalue weighted by atomic mass is 10.0. The first-order valence-electron chi connectivity index (χ1n) is 43.1. The number of aliphatic hydroxyl groups excluding tert-OH is 6. The van der Waals surface area contributed by atoms with Crippen molar-refractivity contribution in [2.45, 2.75) is 295 Å². The molecule has 746 valence electrons. The van der Waals surface area contributed by atoms with Gasteiger partial charge < -0.3 is 153 Å². The van der Waals surface area contributed by atoms with E-state index in [-0.39, 0.29) is 50.9 Å². The van der Waals surface area contributed by atoms with E-state index in [2.05, 4.69) is 90.4 Å². The molecule has 132 heavy (non-hydrogen) atoms. The van der Waals surface area contributed by atoms with Crippen molar-refractivity contribution >= 4 is 142 Å². The monoisotopic (exact) mass is 1900 g/mol. The maximum absolute atomic E-state index is 14.4. The minimum Gasteiger partial charge on any atom is -0.481 e. The van der Waals surface area contributed by atoms with Crippen LogP contribution in [0.15, 0.2) is 0 Å². The Kier molecular flexibility index (Phi) is 49.7. The number of hydrogen-bond donors (Lipinski definition) is 27. The van der Waals surface area contributed by atoms with E-state index in [1.165, 1.54) is 67.2 Å². The summed E-state index contributed by atoms with van der Waals surface area (Å²) in [5, 5.41) is 122. The van der Waals surface area contributed by atoms with Gasteiger partial charge in [0.05, 0.1) is 56.8 Å². The molecule has 2 heterocycles. The topological polar surface area (TPSA) is 800 Å². The van der Waals surface area contributed by atoms with Crippen molar-refractivity contribution in [1.82, 2.24) is 100 Å². The highest BCUT2D eigenvalue weighted by Crippen LogP contribution is 2.23. The van der Waals surface area contributed by atoms with E-state index >= 15 is 0 Å². The third-order valence-electron chi connectivity index (χ3n) is 21.1. The van der Waals surface area contributed by atoms with Crippen LogP contribution >= 0.6 is 11.8 Å². The van der Waals surface area contributed by atoms with Crippen LogP contribution in [0.25, 0.3) is 0 Å². The first-order chi connectivity index (χ1) is 61.5. The van der Waals surface area contributed by atoms with Crippen LogP contribution in [0.1, 0.15) is 162 Å². The second-order valence-corrected chi connectivity index (χ2v) is 34.7. The average Bonchev–Trinajstić information content (AvgIpc) is 1.63.